The van der Waals surface area contributed by atoms with E-state index in [1.54, 1.807) is 0 Å². The highest BCUT2D eigenvalue weighted by Crippen LogP contribution is 2.34. The summed E-state index contributed by atoms with van der Waals surface area (Å²) in [5, 5.41) is 4.74. The number of rotatable bonds is 3. The number of anilines is 1. The molecule has 1 saturated carbocycles. The van der Waals surface area contributed by atoms with E-state index in [-0.39, 0.29) is 0 Å². The summed E-state index contributed by atoms with van der Waals surface area (Å²) < 4.78 is 2.24. The second kappa shape index (κ2) is 5.11. The largest absolute Gasteiger partial charge is 0.396 e. The van der Waals surface area contributed by atoms with Gasteiger partial charge < -0.3 is 5.73 Å². The molecule has 1 aromatic rings. The first-order chi connectivity index (χ1) is 8.17. The summed E-state index contributed by atoms with van der Waals surface area (Å²) in [5.41, 5.74) is 9.45. The van der Waals surface area contributed by atoms with Gasteiger partial charge in [-0.25, -0.2) is 0 Å². The van der Waals surface area contributed by atoms with Crippen molar-refractivity contribution in [2.45, 2.75) is 65.3 Å². The number of aryl methyl sites for hydroxylation is 1. The maximum atomic E-state index is 6.18. The van der Waals surface area contributed by atoms with E-state index < -0.39 is 0 Å². The predicted molar refractivity (Wildman–Crippen MR) is 72.1 cm³/mol. The van der Waals surface area contributed by atoms with Crippen molar-refractivity contribution in [3.8, 4) is 0 Å². The molecule has 0 spiro atoms. The zero-order chi connectivity index (χ0) is 12.4. The Hall–Kier alpha value is -0.990. The number of aromatic nitrogens is 2. The van der Waals surface area contributed by atoms with Crippen LogP contribution in [0.4, 0.5) is 5.69 Å². The van der Waals surface area contributed by atoms with E-state index in [0.717, 1.165) is 30.1 Å². The summed E-state index contributed by atoms with van der Waals surface area (Å²) in [7, 11) is 0. The average Bonchev–Trinajstić information content (AvgIpc) is 2.66. The lowest BCUT2D eigenvalue weighted by Gasteiger charge is -2.27. The van der Waals surface area contributed by atoms with Crippen LogP contribution in [-0.4, -0.2) is 9.78 Å². The van der Waals surface area contributed by atoms with Crippen molar-refractivity contribution < 1.29 is 0 Å². The quantitative estimate of drug-likeness (QED) is 0.873. The van der Waals surface area contributed by atoms with Gasteiger partial charge in [-0.05, 0) is 44.4 Å². The van der Waals surface area contributed by atoms with Gasteiger partial charge in [0, 0.05) is 0 Å². The van der Waals surface area contributed by atoms with E-state index in [9.17, 15) is 0 Å². The normalized spacial score (nSPS) is 25.1. The van der Waals surface area contributed by atoms with Crippen molar-refractivity contribution in [2.75, 3.05) is 5.73 Å². The van der Waals surface area contributed by atoms with E-state index in [1.165, 1.54) is 31.4 Å². The molecule has 96 valence electrons. The van der Waals surface area contributed by atoms with E-state index in [0.29, 0.717) is 6.04 Å². The number of hydrogen-bond donors (Lipinski definition) is 1. The van der Waals surface area contributed by atoms with E-state index in [2.05, 4.69) is 25.5 Å². The van der Waals surface area contributed by atoms with E-state index in [4.69, 9.17) is 10.8 Å². The Labute approximate surface area is 104 Å². The Bertz CT molecular complexity index is 373. The minimum atomic E-state index is 0.587. The average molecular weight is 235 g/mol. The summed E-state index contributed by atoms with van der Waals surface area (Å²) in [4.78, 5) is 0. The SMILES string of the molecule is CCc1nn(C2CCC(C)CC2)c(CC)c1N. The third-order valence-corrected chi connectivity index (χ3v) is 4.13. The lowest BCUT2D eigenvalue weighted by molar-refractivity contribution is 0.269. The van der Waals surface area contributed by atoms with Crippen molar-refractivity contribution in [1.82, 2.24) is 9.78 Å². The molecule has 3 nitrogen and oxygen atoms in total. The van der Waals surface area contributed by atoms with Gasteiger partial charge in [-0.3, -0.25) is 4.68 Å². The molecule has 1 aliphatic carbocycles. The van der Waals surface area contributed by atoms with Crippen molar-refractivity contribution in [2.24, 2.45) is 5.92 Å². The van der Waals surface area contributed by atoms with Gasteiger partial charge in [0.05, 0.1) is 23.1 Å². The van der Waals surface area contributed by atoms with Crippen LogP contribution in [0.2, 0.25) is 0 Å². The second-order valence-corrected chi connectivity index (χ2v) is 5.37. The Morgan fingerprint density at radius 2 is 1.82 bits per heavy atom. The van der Waals surface area contributed by atoms with Gasteiger partial charge in [0.25, 0.3) is 0 Å². The molecule has 1 heterocycles. The van der Waals surface area contributed by atoms with Crippen LogP contribution in [-0.2, 0) is 12.8 Å². The minimum absolute atomic E-state index is 0.587. The van der Waals surface area contributed by atoms with Crippen LogP contribution < -0.4 is 5.73 Å². The molecule has 1 aliphatic rings. The van der Waals surface area contributed by atoms with Crippen molar-refractivity contribution in [3.05, 3.63) is 11.4 Å². The smallest absolute Gasteiger partial charge is 0.0854 e. The first-order valence-corrected chi connectivity index (χ1v) is 7.03. The van der Waals surface area contributed by atoms with Crippen molar-refractivity contribution in [3.63, 3.8) is 0 Å². The first-order valence-electron chi connectivity index (χ1n) is 7.03. The highest BCUT2D eigenvalue weighted by molar-refractivity contribution is 5.48. The Morgan fingerprint density at radius 1 is 1.18 bits per heavy atom. The van der Waals surface area contributed by atoms with Gasteiger partial charge in [0.1, 0.15) is 0 Å². The van der Waals surface area contributed by atoms with Crippen LogP contribution in [0.5, 0.6) is 0 Å². The molecule has 0 atom stereocenters. The van der Waals surface area contributed by atoms with Crippen LogP contribution in [0.1, 0.15) is 63.9 Å². The molecule has 0 aromatic carbocycles. The molecule has 0 aliphatic heterocycles. The fraction of sp³-hybridized carbons (Fsp3) is 0.786. The molecule has 3 heteroatoms. The number of hydrogen-bond acceptors (Lipinski definition) is 2. The van der Waals surface area contributed by atoms with E-state index >= 15 is 0 Å². The summed E-state index contributed by atoms with van der Waals surface area (Å²) in [6.45, 7) is 6.66. The molecular weight excluding hydrogens is 210 g/mol. The molecule has 17 heavy (non-hydrogen) atoms. The van der Waals surface area contributed by atoms with Gasteiger partial charge >= 0.3 is 0 Å². The molecular formula is C14H25N3. The van der Waals surface area contributed by atoms with Gasteiger partial charge in [0.15, 0.2) is 0 Å². The Morgan fingerprint density at radius 3 is 2.35 bits per heavy atom. The summed E-state index contributed by atoms with van der Waals surface area (Å²) >= 11 is 0. The summed E-state index contributed by atoms with van der Waals surface area (Å²) in [6, 6.07) is 0.587. The number of nitrogens with zero attached hydrogens (tertiary/aromatic N) is 2. The molecule has 0 bridgehead atoms. The maximum absolute atomic E-state index is 6.18. The number of nitrogens with two attached hydrogens (primary N) is 1. The lowest BCUT2D eigenvalue weighted by atomic mass is 9.87. The zero-order valence-corrected chi connectivity index (χ0v) is 11.4. The van der Waals surface area contributed by atoms with Gasteiger partial charge in [-0.2, -0.15) is 5.10 Å². The maximum Gasteiger partial charge on any atom is 0.0854 e. The number of nitrogen functional groups attached to an aromatic ring is 1. The van der Waals surface area contributed by atoms with Gasteiger partial charge in [0.2, 0.25) is 0 Å². The van der Waals surface area contributed by atoms with Gasteiger partial charge in [-0.15, -0.1) is 0 Å². The highest BCUT2D eigenvalue weighted by Gasteiger charge is 2.24. The summed E-state index contributed by atoms with van der Waals surface area (Å²) in [6.07, 6.45) is 7.11. The standard InChI is InChI=1S/C14H25N3/c1-4-12-14(15)13(5-2)17(16-12)11-8-6-10(3)7-9-11/h10-11H,4-9,15H2,1-3H3. The fourth-order valence-electron chi connectivity index (χ4n) is 2.94. The predicted octanol–water partition coefficient (Wildman–Crippen LogP) is 3.34. The fourth-order valence-corrected chi connectivity index (χ4v) is 2.94. The first kappa shape index (κ1) is 12.5. The van der Waals surface area contributed by atoms with Gasteiger partial charge in [-0.1, -0.05) is 20.8 Å². The summed E-state index contributed by atoms with van der Waals surface area (Å²) in [5.74, 6) is 0.884. The monoisotopic (exact) mass is 235 g/mol. The van der Waals surface area contributed by atoms with Crippen LogP contribution in [0.25, 0.3) is 0 Å². The topological polar surface area (TPSA) is 43.8 Å². The molecule has 2 N–H and O–H groups in total. The molecule has 0 saturated heterocycles. The van der Waals surface area contributed by atoms with Crippen LogP contribution in [0, 0.1) is 5.92 Å². The molecule has 1 fully saturated rings. The molecule has 2 rings (SSSR count). The molecule has 0 radical (unpaired) electrons. The van der Waals surface area contributed by atoms with Crippen LogP contribution in [0.3, 0.4) is 0 Å². The molecule has 0 unspecified atom stereocenters. The van der Waals surface area contributed by atoms with Crippen LogP contribution >= 0.6 is 0 Å². The zero-order valence-electron chi connectivity index (χ0n) is 11.4. The Balaban J connectivity index is 2.25. The molecule has 1 aromatic heterocycles. The highest BCUT2D eigenvalue weighted by atomic mass is 15.3. The van der Waals surface area contributed by atoms with Crippen molar-refractivity contribution >= 4 is 5.69 Å². The Kier molecular flexibility index (Phi) is 3.75. The minimum Gasteiger partial charge on any atom is -0.396 e. The molecule has 0 amide bonds. The van der Waals surface area contributed by atoms with Crippen LogP contribution in [0.15, 0.2) is 0 Å². The van der Waals surface area contributed by atoms with Crippen molar-refractivity contribution in [1.29, 1.82) is 0 Å². The second-order valence-electron chi connectivity index (χ2n) is 5.37. The van der Waals surface area contributed by atoms with E-state index in [1.807, 2.05) is 0 Å². The third kappa shape index (κ3) is 2.33. The lowest BCUT2D eigenvalue weighted by Crippen LogP contribution is -2.19. The third-order valence-electron chi connectivity index (χ3n) is 4.13.